The Balaban J connectivity index is 2.40. The van der Waals surface area contributed by atoms with Crippen molar-refractivity contribution in [2.24, 2.45) is 5.73 Å². The summed E-state index contributed by atoms with van der Waals surface area (Å²) in [6.45, 7) is 0.374. The second-order valence-electron chi connectivity index (χ2n) is 3.15. The van der Waals surface area contributed by atoms with Crippen LogP contribution in [0.5, 0.6) is 5.75 Å². The summed E-state index contributed by atoms with van der Waals surface area (Å²) >= 11 is 0. The Morgan fingerprint density at radius 2 is 1.87 bits per heavy atom. The number of hydrogen-bond acceptors (Lipinski definition) is 4. The Morgan fingerprint density at radius 1 is 1.13 bits per heavy atom. The van der Waals surface area contributed by atoms with Gasteiger partial charge in [-0.15, -0.1) is 0 Å². The van der Waals surface area contributed by atoms with E-state index in [0.717, 1.165) is 17.0 Å². The maximum atomic E-state index is 9.15. The molecule has 2 aromatic rings. The van der Waals surface area contributed by atoms with Gasteiger partial charge in [0, 0.05) is 18.3 Å². The summed E-state index contributed by atoms with van der Waals surface area (Å²) in [4.78, 5) is 8.37. The molecule has 0 aliphatic heterocycles. The number of phenols is 1. The van der Waals surface area contributed by atoms with Crippen molar-refractivity contribution >= 4 is 0 Å². The van der Waals surface area contributed by atoms with Crippen LogP contribution in [-0.2, 0) is 6.54 Å². The fourth-order valence-corrected chi connectivity index (χ4v) is 1.28. The summed E-state index contributed by atoms with van der Waals surface area (Å²) in [7, 11) is 0. The predicted octanol–water partition coefficient (Wildman–Crippen LogP) is 1.31. The van der Waals surface area contributed by atoms with E-state index in [2.05, 4.69) is 9.97 Å². The Morgan fingerprint density at radius 3 is 2.53 bits per heavy atom. The SMILES string of the molecule is NCc1cncc(-c2ccc(O)cc2)n1. The monoisotopic (exact) mass is 201 g/mol. The van der Waals surface area contributed by atoms with Crippen LogP contribution in [-0.4, -0.2) is 15.1 Å². The standard InChI is InChI=1S/C11H11N3O/c12-5-9-6-13-7-11(14-9)8-1-3-10(15)4-2-8/h1-4,6-7,15H,5,12H2. The lowest BCUT2D eigenvalue weighted by Crippen LogP contribution is -2.01. The lowest BCUT2D eigenvalue weighted by molar-refractivity contribution is 0.475. The Hall–Kier alpha value is -1.94. The smallest absolute Gasteiger partial charge is 0.115 e. The first-order valence-corrected chi connectivity index (χ1v) is 4.60. The number of nitrogens with two attached hydrogens (primary N) is 1. The maximum absolute atomic E-state index is 9.15. The zero-order valence-corrected chi connectivity index (χ0v) is 8.09. The van der Waals surface area contributed by atoms with Gasteiger partial charge in [-0.25, -0.2) is 4.98 Å². The van der Waals surface area contributed by atoms with E-state index in [1.54, 1.807) is 36.7 Å². The molecule has 0 radical (unpaired) electrons. The predicted molar refractivity (Wildman–Crippen MR) is 57.0 cm³/mol. The van der Waals surface area contributed by atoms with Crippen molar-refractivity contribution in [3.63, 3.8) is 0 Å². The summed E-state index contributed by atoms with van der Waals surface area (Å²) in [5, 5.41) is 9.15. The van der Waals surface area contributed by atoms with E-state index >= 15 is 0 Å². The van der Waals surface area contributed by atoms with Crippen molar-refractivity contribution < 1.29 is 5.11 Å². The molecule has 4 nitrogen and oxygen atoms in total. The molecule has 0 atom stereocenters. The molecule has 0 aliphatic rings. The molecule has 3 N–H and O–H groups in total. The van der Waals surface area contributed by atoms with E-state index in [1.165, 1.54) is 0 Å². The fourth-order valence-electron chi connectivity index (χ4n) is 1.28. The summed E-state index contributed by atoms with van der Waals surface area (Å²) in [6.07, 6.45) is 3.31. The second-order valence-corrected chi connectivity index (χ2v) is 3.15. The van der Waals surface area contributed by atoms with E-state index in [1.807, 2.05) is 0 Å². The Bertz CT molecular complexity index is 454. The molecule has 0 saturated carbocycles. The molecule has 15 heavy (non-hydrogen) atoms. The van der Waals surface area contributed by atoms with Gasteiger partial charge in [0.25, 0.3) is 0 Å². The van der Waals surface area contributed by atoms with Crippen LogP contribution in [0, 0.1) is 0 Å². The Kier molecular flexibility index (Phi) is 2.60. The van der Waals surface area contributed by atoms with Gasteiger partial charge in [-0.3, -0.25) is 4.98 Å². The molecule has 0 spiro atoms. The van der Waals surface area contributed by atoms with Crippen LogP contribution < -0.4 is 5.73 Å². The Labute approximate surface area is 87.4 Å². The molecule has 0 unspecified atom stereocenters. The van der Waals surface area contributed by atoms with E-state index in [0.29, 0.717) is 6.54 Å². The molecular formula is C11H11N3O. The normalized spacial score (nSPS) is 10.2. The minimum atomic E-state index is 0.238. The molecular weight excluding hydrogens is 190 g/mol. The van der Waals surface area contributed by atoms with Crippen LogP contribution in [0.4, 0.5) is 0 Å². The molecule has 0 fully saturated rings. The van der Waals surface area contributed by atoms with Crippen molar-refractivity contribution in [1.82, 2.24) is 9.97 Å². The van der Waals surface area contributed by atoms with E-state index in [-0.39, 0.29) is 5.75 Å². The number of benzene rings is 1. The van der Waals surface area contributed by atoms with Crippen molar-refractivity contribution in [2.75, 3.05) is 0 Å². The molecule has 1 aromatic carbocycles. The average molecular weight is 201 g/mol. The summed E-state index contributed by atoms with van der Waals surface area (Å²) in [5.74, 6) is 0.238. The summed E-state index contributed by atoms with van der Waals surface area (Å²) in [6, 6.07) is 6.82. The van der Waals surface area contributed by atoms with Gasteiger partial charge in [-0.1, -0.05) is 0 Å². The van der Waals surface area contributed by atoms with Crippen molar-refractivity contribution in [1.29, 1.82) is 0 Å². The number of aromatic hydroxyl groups is 1. The van der Waals surface area contributed by atoms with Crippen molar-refractivity contribution in [3.05, 3.63) is 42.4 Å². The van der Waals surface area contributed by atoms with Gasteiger partial charge in [0.05, 0.1) is 17.6 Å². The fraction of sp³-hybridized carbons (Fsp3) is 0.0909. The number of nitrogens with zero attached hydrogens (tertiary/aromatic N) is 2. The lowest BCUT2D eigenvalue weighted by atomic mass is 10.1. The summed E-state index contributed by atoms with van der Waals surface area (Å²) < 4.78 is 0. The number of aromatic nitrogens is 2. The largest absolute Gasteiger partial charge is 0.508 e. The average Bonchev–Trinajstić information content (AvgIpc) is 2.30. The molecule has 0 saturated heterocycles. The number of rotatable bonds is 2. The quantitative estimate of drug-likeness (QED) is 0.768. The third-order valence-corrected chi connectivity index (χ3v) is 2.06. The molecule has 1 aromatic heterocycles. The highest BCUT2D eigenvalue weighted by Crippen LogP contribution is 2.19. The van der Waals surface area contributed by atoms with Crippen molar-refractivity contribution in [2.45, 2.75) is 6.54 Å². The zero-order valence-electron chi connectivity index (χ0n) is 8.09. The van der Waals surface area contributed by atoms with Gasteiger partial charge in [0.2, 0.25) is 0 Å². The molecule has 76 valence electrons. The molecule has 0 aliphatic carbocycles. The van der Waals surface area contributed by atoms with Crippen LogP contribution in [0.25, 0.3) is 11.3 Å². The molecule has 4 heteroatoms. The van der Waals surface area contributed by atoms with Crippen LogP contribution in [0.3, 0.4) is 0 Å². The highest BCUT2D eigenvalue weighted by molar-refractivity contribution is 5.58. The van der Waals surface area contributed by atoms with Gasteiger partial charge < -0.3 is 10.8 Å². The molecule has 2 rings (SSSR count). The van der Waals surface area contributed by atoms with Gasteiger partial charge in [-0.2, -0.15) is 0 Å². The first-order chi connectivity index (χ1) is 7.29. The number of phenolic OH excluding ortho intramolecular Hbond substituents is 1. The minimum absolute atomic E-state index is 0.238. The van der Waals surface area contributed by atoms with Crippen LogP contribution in [0.2, 0.25) is 0 Å². The molecule has 0 amide bonds. The number of hydrogen-bond donors (Lipinski definition) is 2. The highest BCUT2D eigenvalue weighted by Gasteiger charge is 2.00. The maximum Gasteiger partial charge on any atom is 0.115 e. The van der Waals surface area contributed by atoms with Crippen LogP contribution in [0.15, 0.2) is 36.7 Å². The van der Waals surface area contributed by atoms with Gasteiger partial charge in [0.1, 0.15) is 5.75 Å². The topological polar surface area (TPSA) is 72.0 Å². The van der Waals surface area contributed by atoms with Gasteiger partial charge in [0.15, 0.2) is 0 Å². The van der Waals surface area contributed by atoms with Gasteiger partial charge in [-0.05, 0) is 24.3 Å². The van der Waals surface area contributed by atoms with Crippen LogP contribution in [0.1, 0.15) is 5.69 Å². The van der Waals surface area contributed by atoms with E-state index in [4.69, 9.17) is 10.8 Å². The second kappa shape index (κ2) is 4.06. The molecule has 0 bridgehead atoms. The summed E-state index contributed by atoms with van der Waals surface area (Å²) in [5.41, 5.74) is 7.90. The first kappa shape index (κ1) is 9.61. The van der Waals surface area contributed by atoms with Gasteiger partial charge >= 0.3 is 0 Å². The van der Waals surface area contributed by atoms with Crippen molar-refractivity contribution in [3.8, 4) is 17.0 Å². The zero-order chi connectivity index (χ0) is 10.7. The first-order valence-electron chi connectivity index (χ1n) is 4.60. The van der Waals surface area contributed by atoms with Crippen LogP contribution >= 0.6 is 0 Å². The third kappa shape index (κ3) is 2.11. The minimum Gasteiger partial charge on any atom is -0.508 e. The third-order valence-electron chi connectivity index (χ3n) is 2.06. The lowest BCUT2D eigenvalue weighted by Gasteiger charge is -2.02. The molecule has 1 heterocycles. The highest BCUT2D eigenvalue weighted by atomic mass is 16.3. The van der Waals surface area contributed by atoms with E-state index in [9.17, 15) is 0 Å². The van der Waals surface area contributed by atoms with E-state index < -0.39 is 0 Å².